The molecule has 0 bridgehead atoms. The molecule has 5 heteroatoms. The molecule has 2 aromatic rings. The molecule has 5 nitrogen and oxygen atoms in total. The Morgan fingerprint density at radius 3 is 2.31 bits per heavy atom. The van der Waals surface area contributed by atoms with Crippen LogP contribution in [-0.4, -0.2) is 18.4 Å². The van der Waals surface area contributed by atoms with E-state index in [1.165, 1.54) is 22.4 Å². The van der Waals surface area contributed by atoms with E-state index in [9.17, 15) is 9.59 Å². The van der Waals surface area contributed by atoms with Crippen LogP contribution in [0.25, 0.3) is 10.8 Å². The number of hydrogen-bond donors (Lipinski definition) is 2. The number of ether oxygens (including phenoxy) is 1. The van der Waals surface area contributed by atoms with Gasteiger partial charge in [-0.25, -0.2) is 0 Å². The summed E-state index contributed by atoms with van der Waals surface area (Å²) in [4.78, 5) is 20.0. The molecule has 0 fully saturated rings. The highest BCUT2D eigenvalue weighted by Crippen LogP contribution is 2.19. The number of rotatable bonds is 8. The SMILES string of the molecule is C=C(C)OCc1cccc2ccccc12.C=CC(=O)NCCCC.CCC(N)=O. The van der Waals surface area contributed by atoms with Gasteiger partial charge >= 0.3 is 0 Å². The maximum atomic E-state index is 10.5. The number of carbonyl (C=O) groups is 2. The first-order chi connectivity index (χ1) is 13.8. The number of hydrogen-bond acceptors (Lipinski definition) is 3. The van der Waals surface area contributed by atoms with E-state index in [-0.39, 0.29) is 11.8 Å². The van der Waals surface area contributed by atoms with Crippen molar-refractivity contribution in [2.75, 3.05) is 6.54 Å². The lowest BCUT2D eigenvalue weighted by molar-refractivity contribution is -0.118. The number of benzene rings is 2. The molecular weight excluding hydrogens is 364 g/mol. The summed E-state index contributed by atoms with van der Waals surface area (Å²) in [5.74, 6) is 0.427. The molecular formula is C24H34N2O3. The molecule has 2 rings (SSSR count). The molecule has 0 aliphatic rings. The lowest BCUT2D eigenvalue weighted by Gasteiger charge is -2.08. The van der Waals surface area contributed by atoms with Gasteiger partial charge in [0.1, 0.15) is 6.61 Å². The van der Waals surface area contributed by atoms with Gasteiger partial charge in [-0.2, -0.15) is 0 Å². The third kappa shape index (κ3) is 12.8. The Hall–Kier alpha value is -3.08. The van der Waals surface area contributed by atoms with Crippen molar-refractivity contribution < 1.29 is 14.3 Å². The van der Waals surface area contributed by atoms with E-state index in [1.54, 1.807) is 6.92 Å². The van der Waals surface area contributed by atoms with E-state index in [1.807, 2.05) is 19.1 Å². The van der Waals surface area contributed by atoms with Crippen molar-refractivity contribution in [1.82, 2.24) is 5.32 Å². The average molecular weight is 399 g/mol. The van der Waals surface area contributed by atoms with Gasteiger partial charge in [0.25, 0.3) is 0 Å². The fraction of sp³-hybridized carbons (Fsp3) is 0.333. The zero-order chi connectivity index (χ0) is 22.1. The Morgan fingerprint density at radius 2 is 1.76 bits per heavy atom. The second kappa shape index (κ2) is 15.9. The number of carbonyl (C=O) groups excluding carboxylic acids is 2. The number of amides is 2. The maximum absolute atomic E-state index is 10.5. The largest absolute Gasteiger partial charge is 0.494 e. The summed E-state index contributed by atoms with van der Waals surface area (Å²) in [7, 11) is 0. The second-order valence-corrected chi connectivity index (χ2v) is 6.30. The number of allylic oxidation sites excluding steroid dienone is 1. The topological polar surface area (TPSA) is 81.4 Å². The molecule has 0 saturated heterocycles. The number of unbranched alkanes of at least 4 members (excludes halogenated alkanes) is 1. The fourth-order valence-electron chi connectivity index (χ4n) is 2.08. The molecule has 0 atom stereocenters. The first-order valence-corrected chi connectivity index (χ1v) is 9.79. The molecule has 0 spiro atoms. The predicted molar refractivity (Wildman–Crippen MR) is 121 cm³/mol. The summed E-state index contributed by atoms with van der Waals surface area (Å²) in [5.41, 5.74) is 5.86. The zero-order valence-corrected chi connectivity index (χ0v) is 17.9. The van der Waals surface area contributed by atoms with Crippen LogP contribution in [0.1, 0.15) is 45.6 Å². The van der Waals surface area contributed by atoms with Gasteiger partial charge in [0.05, 0.1) is 5.76 Å². The summed E-state index contributed by atoms with van der Waals surface area (Å²) < 4.78 is 5.44. The smallest absolute Gasteiger partial charge is 0.243 e. The van der Waals surface area contributed by atoms with Crippen molar-refractivity contribution >= 4 is 22.6 Å². The minimum atomic E-state index is -0.245. The van der Waals surface area contributed by atoms with Gasteiger partial charge in [-0.1, -0.05) is 75.9 Å². The Bertz CT molecular complexity index is 779. The van der Waals surface area contributed by atoms with Gasteiger partial charge in [-0.15, -0.1) is 0 Å². The van der Waals surface area contributed by atoms with Crippen LogP contribution in [0.2, 0.25) is 0 Å². The van der Waals surface area contributed by atoms with Crippen LogP contribution in [0, 0.1) is 0 Å². The summed E-state index contributed by atoms with van der Waals surface area (Å²) in [6.07, 6.45) is 3.88. The number of nitrogens with two attached hydrogens (primary N) is 1. The predicted octanol–water partition coefficient (Wildman–Crippen LogP) is 4.86. The van der Waals surface area contributed by atoms with Crippen molar-refractivity contribution in [3.63, 3.8) is 0 Å². The van der Waals surface area contributed by atoms with Gasteiger partial charge < -0.3 is 15.8 Å². The molecule has 0 aliphatic heterocycles. The molecule has 0 heterocycles. The van der Waals surface area contributed by atoms with Crippen LogP contribution in [0.5, 0.6) is 0 Å². The van der Waals surface area contributed by atoms with Gasteiger partial charge in [-0.3, -0.25) is 9.59 Å². The Labute approximate surface area is 174 Å². The standard InChI is InChI=1S/C14H14O.C7H13NO.C3H7NO/c1-11(2)15-10-13-8-5-7-12-6-3-4-9-14(12)13;1-3-5-6-8-7(9)4-2;1-2-3(4)5/h3-9H,1,10H2,2H3;4H,2-3,5-6H2,1H3,(H,8,9);2H2,1H3,(H2,4,5). The van der Waals surface area contributed by atoms with Crippen LogP contribution >= 0.6 is 0 Å². The molecule has 3 N–H and O–H groups in total. The van der Waals surface area contributed by atoms with Crippen LogP contribution in [0.15, 0.2) is 67.5 Å². The van der Waals surface area contributed by atoms with E-state index in [2.05, 4.69) is 61.5 Å². The Balaban J connectivity index is 0.000000479. The van der Waals surface area contributed by atoms with E-state index >= 15 is 0 Å². The van der Waals surface area contributed by atoms with Crippen LogP contribution in [0.3, 0.4) is 0 Å². The first kappa shape index (κ1) is 25.9. The minimum Gasteiger partial charge on any atom is -0.494 e. The third-order valence-corrected chi connectivity index (χ3v) is 3.72. The summed E-state index contributed by atoms with van der Waals surface area (Å²) >= 11 is 0. The third-order valence-electron chi connectivity index (χ3n) is 3.72. The highest BCUT2D eigenvalue weighted by Gasteiger charge is 1.99. The molecule has 0 aromatic heterocycles. The molecule has 2 aromatic carbocycles. The monoisotopic (exact) mass is 398 g/mol. The second-order valence-electron chi connectivity index (χ2n) is 6.30. The van der Waals surface area contributed by atoms with E-state index in [0.29, 0.717) is 13.0 Å². The summed E-state index contributed by atoms with van der Waals surface area (Å²) in [6, 6.07) is 14.6. The molecule has 2 amide bonds. The molecule has 0 unspecified atom stereocenters. The quantitative estimate of drug-likeness (QED) is 0.378. The molecule has 158 valence electrons. The molecule has 29 heavy (non-hydrogen) atoms. The first-order valence-electron chi connectivity index (χ1n) is 9.79. The Morgan fingerprint density at radius 1 is 1.14 bits per heavy atom. The van der Waals surface area contributed by atoms with Gasteiger partial charge in [0.2, 0.25) is 11.8 Å². The van der Waals surface area contributed by atoms with Crippen LogP contribution in [0.4, 0.5) is 0 Å². The van der Waals surface area contributed by atoms with Crippen molar-refractivity contribution in [2.45, 2.75) is 46.6 Å². The lowest BCUT2D eigenvalue weighted by Crippen LogP contribution is -2.21. The lowest BCUT2D eigenvalue weighted by atomic mass is 10.1. The fourth-order valence-corrected chi connectivity index (χ4v) is 2.08. The number of primary amides is 1. The maximum Gasteiger partial charge on any atom is 0.243 e. The average Bonchev–Trinajstić information content (AvgIpc) is 2.73. The van der Waals surface area contributed by atoms with Crippen LogP contribution in [-0.2, 0) is 20.9 Å². The minimum absolute atomic E-state index is 0.0801. The van der Waals surface area contributed by atoms with Crippen molar-refractivity contribution in [2.24, 2.45) is 5.73 Å². The van der Waals surface area contributed by atoms with Gasteiger partial charge in [0.15, 0.2) is 0 Å². The number of fused-ring (bicyclic) bond motifs is 1. The zero-order valence-electron chi connectivity index (χ0n) is 17.9. The summed E-state index contributed by atoms with van der Waals surface area (Å²) in [6.45, 7) is 14.1. The van der Waals surface area contributed by atoms with Crippen LogP contribution < -0.4 is 11.1 Å². The van der Waals surface area contributed by atoms with Crippen molar-refractivity contribution in [3.05, 3.63) is 73.0 Å². The Kier molecular flexibility index (Phi) is 14.2. The van der Waals surface area contributed by atoms with Crippen molar-refractivity contribution in [3.8, 4) is 0 Å². The molecule has 0 aliphatic carbocycles. The number of nitrogens with one attached hydrogen (secondary N) is 1. The van der Waals surface area contributed by atoms with E-state index in [0.717, 1.165) is 25.1 Å². The van der Waals surface area contributed by atoms with E-state index in [4.69, 9.17) is 4.74 Å². The van der Waals surface area contributed by atoms with Gasteiger partial charge in [0, 0.05) is 13.0 Å². The van der Waals surface area contributed by atoms with Crippen molar-refractivity contribution in [1.29, 1.82) is 0 Å². The van der Waals surface area contributed by atoms with Gasteiger partial charge in [-0.05, 0) is 35.8 Å². The molecule has 0 radical (unpaired) electrons. The highest BCUT2D eigenvalue weighted by atomic mass is 16.5. The molecule has 0 saturated carbocycles. The highest BCUT2D eigenvalue weighted by molar-refractivity contribution is 5.86. The van der Waals surface area contributed by atoms with E-state index < -0.39 is 0 Å². The summed E-state index contributed by atoms with van der Waals surface area (Å²) in [5, 5.41) is 5.18. The normalized spacial score (nSPS) is 9.21.